The van der Waals surface area contributed by atoms with Crippen LogP contribution >= 0.6 is 0 Å². The minimum Gasteiger partial charge on any atom is -0.381 e. The summed E-state index contributed by atoms with van der Waals surface area (Å²) in [6.45, 7) is 2.04. The number of ketones is 2. The molecule has 0 aromatic carbocycles. The molecular weight excluding hydrogens is 240 g/mol. The molecule has 104 valence electrons. The van der Waals surface area contributed by atoms with Crippen LogP contribution < -0.4 is 0 Å². The molecule has 0 rings (SSSR count). The predicted molar refractivity (Wildman–Crippen MR) is 76.7 cm³/mol. The van der Waals surface area contributed by atoms with Crippen LogP contribution in [0.1, 0.15) is 39.0 Å². The molecule has 3 heteroatoms. The van der Waals surface area contributed by atoms with Crippen LogP contribution in [0.25, 0.3) is 0 Å². The summed E-state index contributed by atoms with van der Waals surface area (Å²) in [7, 11) is 1.59. The fraction of sp³-hybridized carbons (Fsp3) is 0.500. The maximum atomic E-state index is 11.9. The number of unbranched alkanes of at least 4 members (excludes halogenated alkanes) is 2. The molecule has 0 N–H and O–H groups in total. The fourth-order valence-electron chi connectivity index (χ4n) is 1.56. The topological polar surface area (TPSA) is 43.4 Å². The number of methoxy groups -OCH3 is 1. The minimum absolute atomic E-state index is 0.0353. The van der Waals surface area contributed by atoms with Gasteiger partial charge in [-0.15, -0.1) is 6.42 Å². The summed E-state index contributed by atoms with van der Waals surface area (Å²) in [5.41, 5.74) is 0.533. The van der Waals surface area contributed by atoms with Crippen molar-refractivity contribution in [2.75, 3.05) is 13.7 Å². The smallest absolute Gasteiger partial charge is 0.163 e. The van der Waals surface area contributed by atoms with Crippen LogP contribution in [-0.4, -0.2) is 25.3 Å². The molecule has 0 amide bonds. The van der Waals surface area contributed by atoms with Crippen LogP contribution in [0, 0.1) is 12.3 Å². The van der Waals surface area contributed by atoms with Crippen LogP contribution in [0.5, 0.6) is 0 Å². The van der Waals surface area contributed by atoms with Crippen molar-refractivity contribution in [3.8, 4) is 12.3 Å². The van der Waals surface area contributed by atoms with Crippen molar-refractivity contribution < 1.29 is 14.3 Å². The Hall–Kier alpha value is -1.66. The third kappa shape index (κ3) is 9.99. The molecule has 0 bridgehead atoms. The van der Waals surface area contributed by atoms with Crippen molar-refractivity contribution in [1.82, 2.24) is 0 Å². The zero-order valence-corrected chi connectivity index (χ0v) is 11.8. The summed E-state index contributed by atoms with van der Waals surface area (Å²) in [5, 5.41) is 0. The zero-order chi connectivity index (χ0) is 14.5. The Morgan fingerprint density at radius 2 is 1.89 bits per heavy atom. The molecule has 0 aromatic rings. The van der Waals surface area contributed by atoms with Gasteiger partial charge < -0.3 is 9.53 Å². The maximum Gasteiger partial charge on any atom is 0.163 e. The van der Waals surface area contributed by atoms with Crippen molar-refractivity contribution in [2.45, 2.75) is 39.0 Å². The molecule has 0 aliphatic carbocycles. The fourth-order valence-corrected chi connectivity index (χ4v) is 1.56. The minimum atomic E-state index is 0.0353. The van der Waals surface area contributed by atoms with E-state index < -0.39 is 0 Å². The van der Waals surface area contributed by atoms with E-state index in [2.05, 4.69) is 5.92 Å². The summed E-state index contributed by atoms with van der Waals surface area (Å²) in [5.74, 6) is 2.60. The Morgan fingerprint density at radius 1 is 1.21 bits per heavy atom. The highest BCUT2D eigenvalue weighted by molar-refractivity contribution is 5.98. The SMILES string of the molecule is C#C/C=C(\C=C/COC)C(=O)CCCCCC(C)=O. The summed E-state index contributed by atoms with van der Waals surface area (Å²) in [6, 6.07) is 0. The molecule has 0 spiro atoms. The first kappa shape index (κ1) is 17.3. The lowest BCUT2D eigenvalue weighted by atomic mass is 10.0. The summed E-state index contributed by atoms with van der Waals surface area (Å²) in [4.78, 5) is 22.7. The van der Waals surface area contributed by atoms with E-state index in [1.165, 1.54) is 6.08 Å². The number of terminal acetylenes is 1. The quantitative estimate of drug-likeness (QED) is 0.263. The highest BCUT2D eigenvalue weighted by Crippen LogP contribution is 2.09. The van der Waals surface area contributed by atoms with E-state index in [4.69, 9.17) is 11.2 Å². The Balaban J connectivity index is 4.10. The van der Waals surface area contributed by atoms with Gasteiger partial charge in [-0.3, -0.25) is 4.79 Å². The second-order valence-corrected chi connectivity index (χ2v) is 4.31. The molecular formula is C16H22O3. The van der Waals surface area contributed by atoms with Gasteiger partial charge in [0.05, 0.1) is 6.61 Å². The molecule has 0 fully saturated rings. The highest BCUT2D eigenvalue weighted by Gasteiger charge is 2.06. The molecule has 3 nitrogen and oxygen atoms in total. The lowest BCUT2D eigenvalue weighted by molar-refractivity contribution is -0.117. The van der Waals surface area contributed by atoms with Crippen LogP contribution in [0.15, 0.2) is 23.8 Å². The third-order valence-electron chi connectivity index (χ3n) is 2.55. The summed E-state index contributed by atoms with van der Waals surface area (Å²) in [6.07, 6.45) is 13.7. The standard InChI is InChI=1S/C16H22O3/c1-4-9-15(11-8-13-19-3)16(18)12-7-5-6-10-14(2)17/h1,8-9,11H,5-7,10,12-13H2,2-3H3/b11-8-,15-9+. The van der Waals surface area contributed by atoms with Gasteiger partial charge in [-0.25, -0.2) is 0 Å². The first-order valence-electron chi connectivity index (χ1n) is 6.46. The van der Waals surface area contributed by atoms with Crippen molar-refractivity contribution in [3.05, 3.63) is 23.8 Å². The summed E-state index contributed by atoms with van der Waals surface area (Å²) >= 11 is 0. The van der Waals surface area contributed by atoms with Gasteiger partial charge in [0.2, 0.25) is 0 Å². The van der Waals surface area contributed by atoms with E-state index in [-0.39, 0.29) is 11.6 Å². The van der Waals surface area contributed by atoms with E-state index in [1.807, 2.05) is 0 Å². The number of ether oxygens (including phenoxy) is 1. The van der Waals surface area contributed by atoms with Gasteiger partial charge in [0.25, 0.3) is 0 Å². The van der Waals surface area contributed by atoms with E-state index in [1.54, 1.807) is 26.2 Å². The van der Waals surface area contributed by atoms with Gasteiger partial charge >= 0.3 is 0 Å². The monoisotopic (exact) mass is 262 g/mol. The average molecular weight is 262 g/mol. The Bertz CT molecular complexity index is 383. The Morgan fingerprint density at radius 3 is 2.47 bits per heavy atom. The van der Waals surface area contributed by atoms with E-state index >= 15 is 0 Å². The number of carbonyl (C=O) groups is 2. The number of hydrogen-bond donors (Lipinski definition) is 0. The number of rotatable bonds is 10. The van der Waals surface area contributed by atoms with Crippen LogP contribution in [-0.2, 0) is 14.3 Å². The van der Waals surface area contributed by atoms with E-state index in [0.29, 0.717) is 25.0 Å². The van der Waals surface area contributed by atoms with Gasteiger partial charge in [-0.2, -0.15) is 0 Å². The highest BCUT2D eigenvalue weighted by atomic mass is 16.5. The Labute approximate surface area is 115 Å². The first-order chi connectivity index (χ1) is 9.11. The molecule has 0 saturated carbocycles. The summed E-state index contributed by atoms with van der Waals surface area (Å²) < 4.78 is 4.88. The Kier molecular flexibility index (Phi) is 10.4. The van der Waals surface area contributed by atoms with Gasteiger partial charge in [0, 0.05) is 25.5 Å². The molecule has 19 heavy (non-hydrogen) atoms. The second-order valence-electron chi connectivity index (χ2n) is 4.31. The number of allylic oxidation sites excluding steroid dienone is 3. The van der Waals surface area contributed by atoms with Gasteiger partial charge in [-0.1, -0.05) is 24.5 Å². The molecule has 0 radical (unpaired) electrons. The second kappa shape index (κ2) is 11.4. The molecule has 0 saturated heterocycles. The van der Waals surface area contributed by atoms with Crippen molar-refractivity contribution in [3.63, 3.8) is 0 Å². The zero-order valence-electron chi connectivity index (χ0n) is 11.8. The van der Waals surface area contributed by atoms with Crippen molar-refractivity contribution >= 4 is 11.6 Å². The molecule has 0 aromatic heterocycles. The van der Waals surface area contributed by atoms with Crippen molar-refractivity contribution in [2.24, 2.45) is 0 Å². The third-order valence-corrected chi connectivity index (χ3v) is 2.55. The first-order valence-corrected chi connectivity index (χ1v) is 6.46. The molecule has 0 heterocycles. The van der Waals surface area contributed by atoms with Crippen molar-refractivity contribution in [1.29, 1.82) is 0 Å². The molecule has 0 aliphatic rings. The van der Waals surface area contributed by atoms with Crippen LogP contribution in [0.3, 0.4) is 0 Å². The molecule has 0 atom stereocenters. The largest absolute Gasteiger partial charge is 0.381 e. The number of hydrogen-bond acceptors (Lipinski definition) is 3. The lowest BCUT2D eigenvalue weighted by Gasteiger charge is -2.01. The maximum absolute atomic E-state index is 11.9. The molecule has 0 unspecified atom stereocenters. The van der Waals surface area contributed by atoms with Gasteiger partial charge in [0.15, 0.2) is 5.78 Å². The normalized spacial score (nSPS) is 11.5. The predicted octanol–water partition coefficient (Wildman–Crippen LogP) is 2.86. The van der Waals surface area contributed by atoms with Crippen LogP contribution in [0.2, 0.25) is 0 Å². The number of carbonyl (C=O) groups excluding carboxylic acids is 2. The van der Waals surface area contributed by atoms with Gasteiger partial charge in [-0.05, 0) is 25.8 Å². The molecule has 0 aliphatic heterocycles. The number of Topliss-reactive ketones (excluding diaryl/α,β-unsaturated/α-hetero) is 2. The average Bonchev–Trinajstić information content (AvgIpc) is 2.37. The lowest BCUT2D eigenvalue weighted by Crippen LogP contribution is -2.01. The van der Waals surface area contributed by atoms with Crippen LogP contribution in [0.4, 0.5) is 0 Å². The van der Waals surface area contributed by atoms with Gasteiger partial charge in [0.1, 0.15) is 5.78 Å². The van der Waals surface area contributed by atoms with E-state index in [0.717, 1.165) is 19.3 Å². The van der Waals surface area contributed by atoms with E-state index in [9.17, 15) is 9.59 Å².